The number of aliphatic hydroxyl groups is 3. The van der Waals surface area contributed by atoms with Gasteiger partial charge in [-0.1, -0.05) is 0 Å². The maximum atomic E-state index is 12.8. The summed E-state index contributed by atoms with van der Waals surface area (Å²) in [6.07, 6.45) is -2.05. The number of aliphatic carboxylic acids is 6. The van der Waals surface area contributed by atoms with E-state index in [9.17, 15) is 74.7 Å². The van der Waals surface area contributed by atoms with E-state index in [4.69, 9.17) is 15.0 Å². The van der Waals surface area contributed by atoms with E-state index in [0.29, 0.717) is 16.7 Å². The van der Waals surface area contributed by atoms with Crippen LogP contribution in [-0.2, 0) is 28.8 Å². The maximum absolute atomic E-state index is 12.8. The van der Waals surface area contributed by atoms with Gasteiger partial charge in [0.05, 0.1) is 66.1 Å². The number of aliphatic hydroxyl groups excluding tert-OH is 3. The van der Waals surface area contributed by atoms with Crippen LogP contribution < -0.4 is 144 Å². The van der Waals surface area contributed by atoms with Gasteiger partial charge in [0, 0.05) is 160 Å². The van der Waals surface area contributed by atoms with E-state index in [1.165, 1.54) is 0 Å². The number of rotatable bonds is 32. The Kier molecular flexibility index (Phi) is 38.0. The van der Waals surface area contributed by atoms with Crippen molar-refractivity contribution in [2.45, 2.75) is 185 Å². The fourth-order valence-corrected chi connectivity index (χ4v) is 29.3. The molecule has 0 bridgehead atoms. The van der Waals surface area contributed by atoms with E-state index in [0.717, 1.165) is 81.4 Å². The number of hydrogen-bond donors (Lipinski definition) is 3. The zero-order valence-corrected chi connectivity index (χ0v) is 71.3. The molecule has 6 heterocycles. The average Bonchev–Trinajstić information content (AvgIpc) is 1.56. The van der Waals surface area contributed by atoms with Crippen molar-refractivity contribution in [1.29, 1.82) is 0 Å². The van der Waals surface area contributed by atoms with Crippen molar-refractivity contribution in [1.82, 2.24) is 14.7 Å². The van der Waals surface area contributed by atoms with Gasteiger partial charge in [0.15, 0.2) is 0 Å². The van der Waals surface area contributed by atoms with Crippen molar-refractivity contribution < 1.29 is 188 Å². The molecular weight excluding hydrogens is 1520 g/mol. The second-order valence-corrected chi connectivity index (χ2v) is 47.2. The Morgan fingerprint density at radius 1 is 0.311 bits per heavy atom. The first-order valence-electron chi connectivity index (χ1n) is 31.1. The predicted molar refractivity (Wildman–Crippen MR) is 388 cm³/mol. The van der Waals surface area contributed by atoms with Crippen LogP contribution in [0.15, 0.2) is 80.0 Å². The molecule has 529 valence electrons. The third kappa shape index (κ3) is 24.8. The molecule has 0 unspecified atom stereocenters. The number of carbonyl (C=O) groups excluding carboxylic acids is 6. The molecule has 1 radical (unpaired) electrons. The third-order valence-electron chi connectivity index (χ3n) is 15.4. The van der Waals surface area contributed by atoms with Gasteiger partial charge >= 0.3 is 113 Å². The van der Waals surface area contributed by atoms with Crippen molar-refractivity contribution in [2.75, 3.05) is 78.5 Å². The minimum atomic E-state index is -1.29. The molecule has 2 aromatic rings. The van der Waals surface area contributed by atoms with Gasteiger partial charge in [-0.25, -0.2) is 15.0 Å². The van der Waals surface area contributed by atoms with Crippen molar-refractivity contribution >= 4 is 200 Å². The number of carbonyl (C=O) groups is 6. The van der Waals surface area contributed by atoms with Crippen LogP contribution in [-0.4, -0.2) is 187 Å². The number of benzene rings is 2. The Labute approximate surface area is 726 Å². The number of nitrogens with zero attached hydrogens (tertiary/aromatic N) is 6. The SMILES string of the molecule is CC1(C)S[C]2C(=C(C(O)=NCCN(CCC(=O)[O-])CCC(=O)[O-])C3=C(SC(C)(C)S3)C2=C(c2c3c(c(C(O)=NCCN(CCC(=O)[O-])CCC(=O)[O-])c4c2SC(C)(C)S4)SC(C)(C)S3)c2c3c(c(C(O)=NCCN(CCC(=O)[O-])CCC(=O)[O-])c4c2SC(C)(C)S4)SC(C)(C)S3)S1.[Li+].[Li+].[Li+].[Li+].[Li+].[Li+]. The summed E-state index contributed by atoms with van der Waals surface area (Å²) in [5.41, 5.74) is 5.29. The zero-order valence-electron chi connectivity index (χ0n) is 61.6. The molecule has 6 aliphatic heterocycles. The van der Waals surface area contributed by atoms with E-state index in [2.05, 4.69) is 83.1 Å². The van der Waals surface area contributed by atoms with Crippen LogP contribution in [0.3, 0.4) is 0 Å². The zero-order chi connectivity index (χ0) is 71.2. The molecular formula is C64H75Li6N6O15S12. The van der Waals surface area contributed by atoms with Crippen LogP contribution in [0.5, 0.6) is 0 Å². The largest absolute Gasteiger partial charge is 1.00 e. The molecule has 0 spiro atoms. The van der Waals surface area contributed by atoms with Crippen LogP contribution in [0, 0.1) is 5.25 Å². The number of aliphatic imine (C=N–C) groups is 3. The van der Waals surface area contributed by atoms with E-state index in [1.54, 1.807) is 156 Å². The van der Waals surface area contributed by atoms with Crippen LogP contribution in [0.25, 0.3) is 5.57 Å². The van der Waals surface area contributed by atoms with Gasteiger partial charge < -0.3 is 89.4 Å². The number of allylic oxidation sites excluding steroid dienone is 1. The van der Waals surface area contributed by atoms with Gasteiger partial charge in [0.25, 0.3) is 0 Å². The monoisotopic (exact) mass is 1590 g/mol. The van der Waals surface area contributed by atoms with Gasteiger partial charge in [-0.05, 0) is 133 Å². The van der Waals surface area contributed by atoms with Crippen molar-refractivity contribution in [3.8, 4) is 0 Å². The second kappa shape index (κ2) is 40.0. The molecule has 0 aromatic heterocycles. The first-order chi connectivity index (χ1) is 45.2. The van der Waals surface area contributed by atoms with E-state index in [1.807, 2.05) is 0 Å². The molecule has 1 saturated heterocycles. The van der Waals surface area contributed by atoms with Gasteiger partial charge in [0.2, 0.25) is 17.7 Å². The molecule has 0 atom stereocenters. The van der Waals surface area contributed by atoms with Gasteiger partial charge in [0.1, 0.15) is 0 Å². The number of fused-ring (bicyclic) bond motifs is 5. The Hall–Kier alpha value is 0.554. The molecule has 21 nitrogen and oxygen atoms in total. The minimum absolute atomic E-state index is 0. The summed E-state index contributed by atoms with van der Waals surface area (Å²) >= 11 is 19.7. The molecule has 103 heavy (non-hydrogen) atoms. The fraction of sp³-hybridized carbons (Fsp3) is 0.562. The first kappa shape index (κ1) is 97.8. The summed E-state index contributed by atoms with van der Waals surface area (Å²) in [6, 6.07) is 0. The Balaban J connectivity index is 0.00000459. The molecule has 9 rings (SSSR count). The van der Waals surface area contributed by atoms with E-state index >= 15 is 0 Å². The Bertz CT molecular complexity index is 3500. The summed E-state index contributed by atoms with van der Waals surface area (Å²) in [6.45, 7) is 26.0. The van der Waals surface area contributed by atoms with Crippen LogP contribution in [0.4, 0.5) is 0 Å². The van der Waals surface area contributed by atoms with E-state index < -0.39 is 60.3 Å². The Morgan fingerprint density at radius 3 is 0.806 bits per heavy atom. The van der Waals surface area contributed by atoms with Crippen molar-refractivity contribution in [3.05, 3.63) is 53.4 Å². The Morgan fingerprint density at radius 2 is 0.534 bits per heavy atom. The van der Waals surface area contributed by atoms with Crippen LogP contribution in [0.2, 0.25) is 0 Å². The van der Waals surface area contributed by atoms with Gasteiger partial charge in [-0.15, -0.1) is 141 Å². The molecule has 3 N–H and O–H groups in total. The maximum Gasteiger partial charge on any atom is 1.00 e. The molecule has 1 aliphatic carbocycles. The quantitative estimate of drug-likeness (QED) is 0.0348. The topological polar surface area (TPSA) is 348 Å². The van der Waals surface area contributed by atoms with Crippen LogP contribution in [0.1, 0.15) is 144 Å². The second-order valence-electron chi connectivity index (χ2n) is 26.1. The summed E-state index contributed by atoms with van der Waals surface area (Å²) in [7, 11) is 0. The standard InChI is InChI=1S/C64H81N6O15S12.6Li/c1-59(2)86-44-38(45-51(93-60(3,4)87-45)41(50(44)92-59)56(83)65-19-28-68(22-13-31(71)72)23-14-32(73)74)37(39-46-52(94-61(5,6)88-46)42(53-47(39)89-62(7,8)95-53)57(84)66-20-29-69(24-15-33(75)76)25-16-34(77)78)40-48-54(96-63(9,10)90-48)43(55-49(40)91-64(11,12)97-55)58(85)67-21-30-70(26-17-35(79)80)27-18-36(81)82;;;;;;/h13-30H2,1-12H3,(H,65,83)(H,66,84)(H,67,85)(H,71,72)(H,73,74)(H,75,76)(H,77,78)(H,79,80)(H,81,82);;;;;;/q;6*+1/p-6. The van der Waals surface area contributed by atoms with E-state index in [-0.39, 0.29) is 248 Å². The molecule has 0 amide bonds. The fourth-order valence-electron chi connectivity index (χ4n) is 11.5. The summed E-state index contributed by atoms with van der Waals surface area (Å²) in [5.74, 6) is -8.44. The molecule has 39 heteroatoms. The third-order valence-corrected chi connectivity index (χ3v) is 32.4. The smallest absolute Gasteiger partial charge is 0.550 e. The number of carboxylic acid groups (broad SMARTS) is 6. The number of hydrogen-bond acceptors (Lipinski definition) is 30. The molecule has 2 aromatic carbocycles. The molecule has 0 saturated carbocycles. The average molecular weight is 1590 g/mol. The van der Waals surface area contributed by atoms with Gasteiger partial charge in [-0.2, -0.15) is 0 Å². The normalized spacial score (nSPS) is 19.0. The number of thioether (sulfide) groups is 12. The first-order valence-corrected chi connectivity index (χ1v) is 40.9. The van der Waals surface area contributed by atoms with Gasteiger partial charge in [-0.3, -0.25) is 0 Å². The molecule has 7 aliphatic rings. The summed E-state index contributed by atoms with van der Waals surface area (Å²) in [5, 5.41) is 109. The van der Waals surface area contributed by atoms with Crippen molar-refractivity contribution in [2.24, 2.45) is 15.0 Å². The summed E-state index contributed by atoms with van der Waals surface area (Å²) in [4.78, 5) is 98.2. The number of carboxylic acids is 6. The van der Waals surface area contributed by atoms with Crippen LogP contribution >= 0.6 is 141 Å². The predicted octanol–water partition coefficient (Wildman–Crippen LogP) is -11.0. The summed E-state index contributed by atoms with van der Waals surface area (Å²) < 4.78 is -3.23. The van der Waals surface area contributed by atoms with Crippen molar-refractivity contribution in [3.63, 3.8) is 0 Å². The molecule has 1 fully saturated rings. The minimum Gasteiger partial charge on any atom is -0.550 e.